The maximum atomic E-state index is 12.4. The highest BCUT2D eigenvalue weighted by atomic mass is 16.2. The van der Waals surface area contributed by atoms with Crippen molar-refractivity contribution in [1.29, 1.82) is 0 Å². The van der Waals surface area contributed by atoms with Gasteiger partial charge in [0.05, 0.1) is 6.04 Å². The van der Waals surface area contributed by atoms with Gasteiger partial charge in [0.25, 0.3) is 0 Å². The number of hydrogen-bond acceptors (Lipinski definition) is 3. The summed E-state index contributed by atoms with van der Waals surface area (Å²) in [6.45, 7) is 1.79. The number of urea groups is 2. The smallest absolute Gasteiger partial charge is 0.317 e. The lowest BCUT2D eigenvalue weighted by molar-refractivity contribution is -0.128. The Kier molecular flexibility index (Phi) is 3.97. The van der Waals surface area contributed by atoms with E-state index in [1.807, 2.05) is 4.90 Å². The van der Waals surface area contributed by atoms with Crippen molar-refractivity contribution in [2.24, 2.45) is 0 Å². The highest BCUT2D eigenvalue weighted by molar-refractivity contribution is 5.82. The molecule has 8 heteroatoms. The van der Waals surface area contributed by atoms with E-state index in [4.69, 9.17) is 0 Å². The van der Waals surface area contributed by atoms with Gasteiger partial charge in [0.15, 0.2) is 0 Å². The largest absolute Gasteiger partial charge is 0.338 e. The van der Waals surface area contributed by atoms with Crippen LogP contribution in [-0.2, 0) is 4.79 Å². The molecule has 8 nitrogen and oxygen atoms in total. The van der Waals surface area contributed by atoms with Gasteiger partial charge in [0.2, 0.25) is 5.91 Å². The second-order valence-corrected chi connectivity index (χ2v) is 7.45. The van der Waals surface area contributed by atoms with Gasteiger partial charge in [0.1, 0.15) is 0 Å². The molecule has 132 valence electrons. The predicted octanol–water partition coefficient (Wildman–Crippen LogP) is -0.00480. The molecule has 3 N–H and O–H groups in total. The van der Waals surface area contributed by atoms with Crippen molar-refractivity contribution in [2.45, 2.75) is 62.7 Å². The molecule has 2 saturated heterocycles. The quantitative estimate of drug-likeness (QED) is 0.675. The normalized spacial score (nSPS) is 29.8. The van der Waals surface area contributed by atoms with Crippen molar-refractivity contribution in [3.05, 3.63) is 0 Å². The molecule has 24 heavy (non-hydrogen) atoms. The lowest BCUT2D eigenvalue weighted by Gasteiger charge is -2.21. The Bertz CT molecular complexity index is 546. The van der Waals surface area contributed by atoms with E-state index in [-0.39, 0.29) is 30.1 Å². The Hall–Kier alpha value is -1.99. The minimum absolute atomic E-state index is 0.00247. The molecular weight excluding hydrogens is 310 g/mol. The SMILES string of the molecule is O=C(NC1CC1)NC1CCN(C(=O)NC2CC(=O)N(C3CC3)C2)C1. The van der Waals surface area contributed by atoms with Gasteiger partial charge >= 0.3 is 12.1 Å². The first-order valence-electron chi connectivity index (χ1n) is 9.00. The zero-order chi connectivity index (χ0) is 16.7. The number of carbonyl (C=O) groups is 3. The van der Waals surface area contributed by atoms with Crippen LogP contribution in [0.5, 0.6) is 0 Å². The highest BCUT2D eigenvalue weighted by Crippen LogP contribution is 2.30. The molecule has 0 aromatic heterocycles. The van der Waals surface area contributed by atoms with Gasteiger partial charge in [-0.3, -0.25) is 4.79 Å². The number of likely N-dealkylation sites (tertiary alicyclic amines) is 2. The first kappa shape index (κ1) is 15.5. The Morgan fingerprint density at radius 2 is 1.62 bits per heavy atom. The predicted molar refractivity (Wildman–Crippen MR) is 86.3 cm³/mol. The third kappa shape index (κ3) is 3.57. The summed E-state index contributed by atoms with van der Waals surface area (Å²) in [5.41, 5.74) is 0. The van der Waals surface area contributed by atoms with E-state index in [2.05, 4.69) is 16.0 Å². The lowest BCUT2D eigenvalue weighted by Crippen LogP contribution is -2.47. The third-order valence-electron chi connectivity index (χ3n) is 5.20. The Labute approximate surface area is 141 Å². The third-order valence-corrected chi connectivity index (χ3v) is 5.20. The number of carbonyl (C=O) groups excluding carboxylic acids is 3. The number of rotatable bonds is 4. The monoisotopic (exact) mass is 335 g/mol. The van der Waals surface area contributed by atoms with E-state index in [0.29, 0.717) is 38.1 Å². The Morgan fingerprint density at radius 3 is 2.33 bits per heavy atom. The zero-order valence-electron chi connectivity index (χ0n) is 13.8. The molecule has 0 aromatic carbocycles. The van der Waals surface area contributed by atoms with E-state index in [1.54, 1.807) is 4.90 Å². The second kappa shape index (κ2) is 6.14. The summed E-state index contributed by atoms with van der Waals surface area (Å²) < 4.78 is 0. The minimum Gasteiger partial charge on any atom is -0.338 e. The summed E-state index contributed by atoms with van der Waals surface area (Å²) >= 11 is 0. The van der Waals surface area contributed by atoms with Crippen molar-refractivity contribution in [1.82, 2.24) is 25.8 Å². The van der Waals surface area contributed by atoms with Gasteiger partial charge in [-0.2, -0.15) is 0 Å². The molecule has 4 rings (SSSR count). The van der Waals surface area contributed by atoms with Crippen LogP contribution in [0.2, 0.25) is 0 Å². The number of hydrogen-bond donors (Lipinski definition) is 3. The topological polar surface area (TPSA) is 93.8 Å². The van der Waals surface area contributed by atoms with Crippen molar-refractivity contribution in [3.8, 4) is 0 Å². The molecule has 2 unspecified atom stereocenters. The van der Waals surface area contributed by atoms with E-state index in [1.165, 1.54) is 0 Å². The molecule has 2 heterocycles. The van der Waals surface area contributed by atoms with Crippen LogP contribution in [0, 0.1) is 0 Å². The molecule has 2 atom stereocenters. The fourth-order valence-corrected chi connectivity index (χ4v) is 3.54. The molecule has 0 spiro atoms. The van der Waals surface area contributed by atoms with E-state index < -0.39 is 0 Å². The lowest BCUT2D eigenvalue weighted by atomic mass is 10.2. The molecule has 4 fully saturated rings. The van der Waals surface area contributed by atoms with Crippen LogP contribution in [0.4, 0.5) is 9.59 Å². The highest BCUT2D eigenvalue weighted by Gasteiger charge is 2.40. The summed E-state index contributed by atoms with van der Waals surface area (Å²) in [6.07, 6.45) is 5.48. The summed E-state index contributed by atoms with van der Waals surface area (Å²) in [6, 6.07) is 0.395. The molecule has 5 amide bonds. The van der Waals surface area contributed by atoms with Crippen LogP contribution >= 0.6 is 0 Å². The molecule has 0 aromatic rings. The summed E-state index contributed by atoms with van der Waals surface area (Å²) in [5.74, 6) is 0.153. The Balaban J connectivity index is 1.21. The van der Waals surface area contributed by atoms with Crippen molar-refractivity contribution >= 4 is 18.0 Å². The van der Waals surface area contributed by atoms with E-state index in [0.717, 1.165) is 32.1 Å². The summed E-state index contributed by atoms with van der Waals surface area (Å²) in [4.78, 5) is 39.7. The van der Waals surface area contributed by atoms with Crippen LogP contribution < -0.4 is 16.0 Å². The first-order valence-corrected chi connectivity index (χ1v) is 9.00. The van der Waals surface area contributed by atoms with Gasteiger partial charge < -0.3 is 25.8 Å². The van der Waals surface area contributed by atoms with Crippen molar-refractivity contribution in [2.75, 3.05) is 19.6 Å². The zero-order valence-corrected chi connectivity index (χ0v) is 13.8. The maximum Gasteiger partial charge on any atom is 0.317 e. The van der Waals surface area contributed by atoms with Gasteiger partial charge in [-0.25, -0.2) is 9.59 Å². The van der Waals surface area contributed by atoms with Gasteiger partial charge in [-0.15, -0.1) is 0 Å². The van der Waals surface area contributed by atoms with Crippen molar-refractivity contribution < 1.29 is 14.4 Å². The average molecular weight is 335 g/mol. The fourth-order valence-electron chi connectivity index (χ4n) is 3.54. The van der Waals surface area contributed by atoms with Gasteiger partial charge in [0, 0.05) is 44.2 Å². The van der Waals surface area contributed by atoms with Crippen molar-refractivity contribution in [3.63, 3.8) is 0 Å². The fraction of sp³-hybridized carbons (Fsp3) is 0.812. The van der Waals surface area contributed by atoms with Crippen LogP contribution in [-0.4, -0.2) is 71.6 Å². The maximum absolute atomic E-state index is 12.4. The first-order chi connectivity index (χ1) is 11.6. The molecule has 0 bridgehead atoms. The van der Waals surface area contributed by atoms with Crippen LogP contribution in [0.15, 0.2) is 0 Å². The minimum atomic E-state index is -0.133. The molecule has 4 aliphatic rings. The van der Waals surface area contributed by atoms with Crippen LogP contribution in [0.25, 0.3) is 0 Å². The number of amides is 5. The molecular formula is C16H25N5O3. The average Bonchev–Trinajstić information content (AvgIpc) is 3.44. The molecule has 2 aliphatic carbocycles. The number of nitrogens with one attached hydrogen (secondary N) is 3. The molecule has 2 aliphatic heterocycles. The van der Waals surface area contributed by atoms with Crippen LogP contribution in [0.1, 0.15) is 38.5 Å². The standard InChI is InChI=1S/C16H25N5O3/c22-14-7-12(9-21(14)13-3-4-13)19-16(24)20-6-5-11(8-20)18-15(23)17-10-1-2-10/h10-13H,1-9H2,(H,19,24)(H2,17,18,23). The second-order valence-electron chi connectivity index (χ2n) is 7.45. The van der Waals surface area contributed by atoms with E-state index in [9.17, 15) is 14.4 Å². The summed E-state index contributed by atoms with van der Waals surface area (Å²) in [7, 11) is 0. The number of nitrogens with zero attached hydrogens (tertiary/aromatic N) is 2. The molecule has 2 saturated carbocycles. The van der Waals surface area contributed by atoms with E-state index >= 15 is 0 Å². The molecule has 0 radical (unpaired) electrons. The summed E-state index contributed by atoms with van der Waals surface area (Å²) in [5, 5.41) is 8.81. The van der Waals surface area contributed by atoms with Gasteiger partial charge in [-0.05, 0) is 32.1 Å². The Morgan fingerprint density at radius 1 is 0.875 bits per heavy atom. The van der Waals surface area contributed by atoms with Crippen LogP contribution in [0.3, 0.4) is 0 Å². The van der Waals surface area contributed by atoms with Gasteiger partial charge in [-0.1, -0.05) is 0 Å².